The molecule has 156 valence electrons. The summed E-state index contributed by atoms with van der Waals surface area (Å²) in [4.78, 5) is 39.0. The Morgan fingerprint density at radius 1 is 0.931 bits per heavy atom. The Morgan fingerprint density at radius 2 is 1.62 bits per heavy atom. The predicted octanol–water partition coefficient (Wildman–Crippen LogP) is 2.39. The van der Waals surface area contributed by atoms with Crippen LogP contribution in [-0.4, -0.2) is 54.1 Å². The predicted molar refractivity (Wildman–Crippen MR) is 107 cm³/mol. The average Bonchev–Trinajstić information content (AvgIpc) is 2.75. The number of cyclic esters (lactones) is 1. The molecular weight excluding hydrogens is 370 g/mol. The van der Waals surface area contributed by atoms with E-state index in [0.717, 1.165) is 18.4 Å². The van der Waals surface area contributed by atoms with E-state index in [1.807, 2.05) is 17.0 Å². The summed E-state index contributed by atoms with van der Waals surface area (Å²) in [6, 6.07) is 7.55. The molecular formula is C22H29N3O4. The Labute approximate surface area is 171 Å². The number of carbonyl (C=O) groups is 3. The Hall–Kier alpha value is -2.57. The second kappa shape index (κ2) is 8.84. The second-order valence-electron chi connectivity index (χ2n) is 8.31. The van der Waals surface area contributed by atoms with Gasteiger partial charge in [0.05, 0.1) is 5.56 Å². The zero-order valence-electron chi connectivity index (χ0n) is 16.7. The molecule has 3 aliphatic rings. The van der Waals surface area contributed by atoms with Gasteiger partial charge in [0.15, 0.2) is 6.10 Å². The quantitative estimate of drug-likeness (QED) is 0.764. The lowest BCUT2D eigenvalue weighted by Crippen LogP contribution is -2.53. The van der Waals surface area contributed by atoms with Crippen LogP contribution < -0.4 is 10.6 Å². The third kappa shape index (κ3) is 4.71. The molecule has 0 radical (unpaired) electrons. The summed E-state index contributed by atoms with van der Waals surface area (Å²) in [6.45, 7) is 1.24. The standard InChI is InChI=1S/C22H29N3O4/c26-20(19-14-15-6-4-5-9-18(15)21(27)29-19)23-17-10-12-25(13-11-17)22(28)24-16-7-2-1-3-8-16/h4-6,9,16-17,19H,1-3,7-8,10-14H2,(H,23,26)(H,24,28). The van der Waals surface area contributed by atoms with Crippen molar-refractivity contribution in [1.82, 2.24) is 15.5 Å². The minimum atomic E-state index is -0.787. The molecule has 1 unspecified atom stereocenters. The highest BCUT2D eigenvalue weighted by atomic mass is 16.5. The van der Waals surface area contributed by atoms with Crippen molar-refractivity contribution >= 4 is 17.9 Å². The molecule has 1 saturated heterocycles. The number of carbonyl (C=O) groups excluding carboxylic acids is 3. The van der Waals surface area contributed by atoms with Gasteiger partial charge in [0.25, 0.3) is 5.91 Å². The number of piperidine rings is 1. The number of amides is 3. The molecule has 1 atom stereocenters. The number of likely N-dealkylation sites (tertiary alicyclic amines) is 1. The maximum Gasteiger partial charge on any atom is 0.339 e. The van der Waals surface area contributed by atoms with Gasteiger partial charge in [0.2, 0.25) is 0 Å². The zero-order valence-corrected chi connectivity index (χ0v) is 16.7. The number of ether oxygens (including phenoxy) is 1. The maximum atomic E-state index is 12.6. The van der Waals surface area contributed by atoms with Crippen LogP contribution in [0.25, 0.3) is 0 Å². The van der Waals surface area contributed by atoms with E-state index in [1.54, 1.807) is 12.1 Å². The van der Waals surface area contributed by atoms with Crippen molar-refractivity contribution in [2.75, 3.05) is 13.1 Å². The summed E-state index contributed by atoms with van der Waals surface area (Å²) < 4.78 is 5.33. The molecule has 2 aliphatic heterocycles. The van der Waals surface area contributed by atoms with Crippen LogP contribution in [0.2, 0.25) is 0 Å². The molecule has 1 aromatic carbocycles. The van der Waals surface area contributed by atoms with Crippen molar-refractivity contribution in [3.63, 3.8) is 0 Å². The van der Waals surface area contributed by atoms with Crippen molar-refractivity contribution in [2.45, 2.75) is 69.6 Å². The minimum Gasteiger partial charge on any atom is -0.448 e. The molecule has 7 nitrogen and oxygen atoms in total. The number of esters is 1. The van der Waals surface area contributed by atoms with Crippen LogP contribution in [0.15, 0.2) is 24.3 Å². The van der Waals surface area contributed by atoms with E-state index in [-0.39, 0.29) is 18.0 Å². The van der Waals surface area contributed by atoms with Gasteiger partial charge in [-0.15, -0.1) is 0 Å². The van der Waals surface area contributed by atoms with Gasteiger partial charge in [-0.2, -0.15) is 0 Å². The number of hydrogen-bond acceptors (Lipinski definition) is 4. The third-order valence-electron chi connectivity index (χ3n) is 6.25. The first-order valence-electron chi connectivity index (χ1n) is 10.7. The zero-order chi connectivity index (χ0) is 20.2. The Morgan fingerprint density at radius 3 is 2.38 bits per heavy atom. The molecule has 0 spiro atoms. The van der Waals surface area contributed by atoms with Gasteiger partial charge in [0, 0.05) is 31.6 Å². The molecule has 29 heavy (non-hydrogen) atoms. The molecule has 2 N–H and O–H groups in total. The van der Waals surface area contributed by atoms with E-state index in [4.69, 9.17) is 4.74 Å². The number of nitrogens with one attached hydrogen (secondary N) is 2. The van der Waals surface area contributed by atoms with Crippen molar-refractivity contribution in [1.29, 1.82) is 0 Å². The normalized spacial score (nSPS) is 23.1. The molecule has 4 rings (SSSR count). The molecule has 2 fully saturated rings. The molecule has 0 bridgehead atoms. The van der Waals surface area contributed by atoms with Crippen molar-refractivity contribution < 1.29 is 19.1 Å². The highest BCUT2D eigenvalue weighted by Gasteiger charge is 2.33. The molecule has 1 saturated carbocycles. The van der Waals surface area contributed by atoms with Crippen LogP contribution in [0.1, 0.15) is 60.9 Å². The lowest BCUT2D eigenvalue weighted by molar-refractivity contribution is -0.131. The summed E-state index contributed by atoms with van der Waals surface area (Å²) in [5.41, 5.74) is 1.38. The summed E-state index contributed by atoms with van der Waals surface area (Å²) in [5.74, 6) is -0.695. The lowest BCUT2D eigenvalue weighted by Gasteiger charge is -2.35. The molecule has 0 aromatic heterocycles. The van der Waals surface area contributed by atoms with E-state index in [2.05, 4.69) is 10.6 Å². The van der Waals surface area contributed by atoms with E-state index >= 15 is 0 Å². The Bertz CT molecular complexity index is 767. The van der Waals surface area contributed by atoms with Gasteiger partial charge in [-0.25, -0.2) is 9.59 Å². The molecule has 2 heterocycles. The third-order valence-corrected chi connectivity index (χ3v) is 6.25. The smallest absolute Gasteiger partial charge is 0.339 e. The molecule has 7 heteroatoms. The topological polar surface area (TPSA) is 87.7 Å². The van der Waals surface area contributed by atoms with Crippen molar-refractivity contribution in [3.8, 4) is 0 Å². The first-order chi connectivity index (χ1) is 14.1. The second-order valence-corrected chi connectivity index (χ2v) is 8.31. The van der Waals surface area contributed by atoms with Gasteiger partial charge < -0.3 is 20.3 Å². The van der Waals surface area contributed by atoms with Gasteiger partial charge in [-0.3, -0.25) is 4.79 Å². The van der Waals surface area contributed by atoms with E-state index < -0.39 is 12.1 Å². The van der Waals surface area contributed by atoms with Crippen LogP contribution in [0.5, 0.6) is 0 Å². The fourth-order valence-electron chi connectivity index (χ4n) is 4.51. The number of urea groups is 1. The fraction of sp³-hybridized carbons (Fsp3) is 0.591. The summed E-state index contributed by atoms with van der Waals surface area (Å²) in [6.07, 6.45) is 6.82. The highest BCUT2D eigenvalue weighted by Crippen LogP contribution is 2.21. The molecule has 1 aromatic rings. The van der Waals surface area contributed by atoms with Crippen molar-refractivity contribution in [2.24, 2.45) is 0 Å². The van der Waals surface area contributed by atoms with Gasteiger partial charge in [-0.1, -0.05) is 37.5 Å². The molecule has 3 amide bonds. The van der Waals surface area contributed by atoms with Crippen LogP contribution in [0.4, 0.5) is 4.79 Å². The average molecular weight is 399 g/mol. The van der Waals surface area contributed by atoms with Crippen LogP contribution in [-0.2, 0) is 16.0 Å². The monoisotopic (exact) mass is 399 g/mol. The van der Waals surface area contributed by atoms with Gasteiger partial charge in [0.1, 0.15) is 0 Å². The van der Waals surface area contributed by atoms with Crippen LogP contribution in [0.3, 0.4) is 0 Å². The van der Waals surface area contributed by atoms with Crippen LogP contribution in [0, 0.1) is 0 Å². The Balaban J connectivity index is 1.24. The fourth-order valence-corrected chi connectivity index (χ4v) is 4.51. The first-order valence-corrected chi connectivity index (χ1v) is 10.7. The SMILES string of the molecule is O=C1OC(C(=O)NC2CCN(C(=O)NC3CCCCC3)CC2)Cc2ccccc21. The number of fused-ring (bicyclic) bond motifs is 1. The van der Waals surface area contributed by atoms with E-state index in [9.17, 15) is 14.4 Å². The summed E-state index contributed by atoms with van der Waals surface area (Å²) in [5, 5.41) is 6.16. The number of benzene rings is 1. The van der Waals surface area contributed by atoms with Gasteiger partial charge >= 0.3 is 12.0 Å². The van der Waals surface area contributed by atoms with Crippen LogP contribution >= 0.6 is 0 Å². The summed E-state index contributed by atoms with van der Waals surface area (Å²) in [7, 11) is 0. The van der Waals surface area contributed by atoms with E-state index in [1.165, 1.54) is 19.3 Å². The number of rotatable bonds is 3. The maximum absolute atomic E-state index is 12.6. The lowest BCUT2D eigenvalue weighted by atomic mass is 9.95. The summed E-state index contributed by atoms with van der Waals surface area (Å²) >= 11 is 0. The highest BCUT2D eigenvalue weighted by molar-refractivity contribution is 5.95. The minimum absolute atomic E-state index is 0.00268. The van der Waals surface area contributed by atoms with E-state index in [0.29, 0.717) is 44.0 Å². The first kappa shape index (κ1) is 19.7. The number of nitrogens with zero attached hydrogens (tertiary/aromatic N) is 1. The van der Waals surface area contributed by atoms with Crippen molar-refractivity contribution in [3.05, 3.63) is 35.4 Å². The largest absolute Gasteiger partial charge is 0.448 e. The molecule has 1 aliphatic carbocycles. The Kier molecular flexibility index (Phi) is 6.02. The number of hydrogen-bond donors (Lipinski definition) is 2. The van der Waals surface area contributed by atoms with Gasteiger partial charge in [-0.05, 0) is 37.3 Å².